The van der Waals surface area contributed by atoms with E-state index in [2.05, 4.69) is 40.4 Å². The molecule has 0 aromatic heterocycles. The number of aliphatic hydroxyl groups excluding tert-OH is 2. The Kier molecular flexibility index (Phi) is 6.56. The molecular weight excluding hydrogens is 336 g/mol. The van der Waals surface area contributed by atoms with Gasteiger partial charge in [0, 0.05) is 18.8 Å². The molecule has 2 N–H and O–H groups in total. The summed E-state index contributed by atoms with van der Waals surface area (Å²) in [6.07, 6.45) is 0.971. The lowest BCUT2D eigenvalue weighted by Gasteiger charge is -2.37. The Hall–Kier alpha value is -0.243. The summed E-state index contributed by atoms with van der Waals surface area (Å²) < 4.78 is 18.2. The van der Waals surface area contributed by atoms with Crippen molar-refractivity contribution in [2.24, 2.45) is 5.92 Å². The molecule has 0 aromatic rings. The monoisotopic (exact) mass is 372 g/mol. The Bertz CT molecular complexity index is 461. The molecule has 0 saturated carbocycles. The Morgan fingerprint density at radius 2 is 1.84 bits per heavy atom. The zero-order valence-corrected chi connectivity index (χ0v) is 17.6. The highest BCUT2D eigenvalue weighted by Gasteiger charge is 2.47. The molecule has 146 valence electrons. The molecule has 0 amide bonds. The van der Waals surface area contributed by atoms with E-state index in [1.54, 1.807) is 0 Å². The second-order valence-electron chi connectivity index (χ2n) is 9.12. The van der Waals surface area contributed by atoms with Crippen LogP contribution in [0.5, 0.6) is 0 Å². The molecule has 0 radical (unpaired) electrons. The van der Waals surface area contributed by atoms with Crippen LogP contribution in [-0.2, 0) is 13.9 Å². The smallest absolute Gasteiger partial charge is 0.192 e. The van der Waals surface area contributed by atoms with Gasteiger partial charge in [0.25, 0.3) is 0 Å². The van der Waals surface area contributed by atoms with E-state index in [0.717, 1.165) is 0 Å². The minimum atomic E-state index is -1.90. The van der Waals surface area contributed by atoms with Crippen molar-refractivity contribution < 1.29 is 24.1 Å². The average molecular weight is 373 g/mol. The fraction of sp³-hybridized carbons (Fsp3) is 0.895. The van der Waals surface area contributed by atoms with Gasteiger partial charge in [-0.2, -0.15) is 0 Å². The van der Waals surface area contributed by atoms with Gasteiger partial charge in [0.2, 0.25) is 0 Å². The first kappa shape index (κ1) is 21.1. The molecule has 0 aromatic carbocycles. The Morgan fingerprint density at radius 1 is 1.24 bits per heavy atom. The van der Waals surface area contributed by atoms with Gasteiger partial charge in [0.1, 0.15) is 6.10 Å². The van der Waals surface area contributed by atoms with Crippen LogP contribution >= 0.6 is 0 Å². The molecule has 6 heteroatoms. The van der Waals surface area contributed by atoms with Gasteiger partial charge in [0.15, 0.2) is 8.32 Å². The first-order valence-electron chi connectivity index (χ1n) is 9.40. The number of hydrogen-bond donors (Lipinski definition) is 2. The fourth-order valence-corrected chi connectivity index (χ4v) is 4.26. The second kappa shape index (κ2) is 7.78. The van der Waals surface area contributed by atoms with Gasteiger partial charge in [-0.15, -0.1) is 6.58 Å². The summed E-state index contributed by atoms with van der Waals surface area (Å²) in [5.74, 6) is 0.0850. The van der Waals surface area contributed by atoms with E-state index in [4.69, 9.17) is 13.9 Å². The van der Waals surface area contributed by atoms with Crippen molar-refractivity contribution in [3.63, 3.8) is 0 Å². The molecule has 2 aliphatic heterocycles. The fourth-order valence-electron chi connectivity index (χ4n) is 3.24. The molecule has 2 fully saturated rings. The Morgan fingerprint density at radius 3 is 2.40 bits per heavy atom. The first-order chi connectivity index (χ1) is 11.5. The van der Waals surface area contributed by atoms with Crippen molar-refractivity contribution in [2.45, 2.75) is 95.3 Å². The Labute approximate surface area is 153 Å². The number of aliphatic hydroxyl groups is 2. The van der Waals surface area contributed by atoms with Gasteiger partial charge in [-0.05, 0) is 18.1 Å². The Balaban J connectivity index is 1.91. The highest BCUT2D eigenvalue weighted by atomic mass is 28.4. The largest absolute Gasteiger partial charge is 0.414 e. The summed E-state index contributed by atoms with van der Waals surface area (Å²) in [6, 6.07) is 0. The van der Waals surface area contributed by atoms with Crippen molar-refractivity contribution in [1.82, 2.24) is 0 Å². The molecule has 25 heavy (non-hydrogen) atoms. The summed E-state index contributed by atoms with van der Waals surface area (Å²) in [5.41, 5.74) is 0. The van der Waals surface area contributed by atoms with Crippen LogP contribution in [0, 0.1) is 5.92 Å². The molecule has 2 heterocycles. The van der Waals surface area contributed by atoms with Gasteiger partial charge in [-0.3, -0.25) is 0 Å². The van der Waals surface area contributed by atoms with Crippen LogP contribution < -0.4 is 0 Å². The zero-order chi connectivity index (χ0) is 19.0. The summed E-state index contributed by atoms with van der Waals surface area (Å²) in [7, 11) is -1.90. The number of rotatable bonds is 6. The first-order valence-corrected chi connectivity index (χ1v) is 12.3. The van der Waals surface area contributed by atoms with Crippen molar-refractivity contribution in [3.05, 3.63) is 12.7 Å². The summed E-state index contributed by atoms with van der Waals surface area (Å²) >= 11 is 0. The normalized spacial score (nSPS) is 35.9. The molecule has 2 aliphatic rings. The number of ether oxygens (including phenoxy) is 2. The maximum absolute atomic E-state index is 10.6. The SMILES string of the molecule is C=C[C@H](C)[C@@H]1O[C@@H]2CC(C(O)CO[Si](C)(C)C(C)(C)C)O[C@@H]2C[C@@H]1O. The standard InChI is InChI=1S/C19H36O5Si/c1-8-12(2)18-13(20)9-16-17(24-18)10-15(23-16)14(21)11-22-25(6,7)19(3,4)5/h8,12-18,20-21H,1,9-11H2,2-7H3/t12-,13-,14?,15?,16+,17+,18-/m0/s1. The van der Waals surface area contributed by atoms with E-state index in [0.29, 0.717) is 12.8 Å². The molecule has 7 atom stereocenters. The third-order valence-electron chi connectivity index (χ3n) is 6.15. The van der Waals surface area contributed by atoms with E-state index >= 15 is 0 Å². The molecule has 2 saturated heterocycles. The molecule has 2 unspecified atom stereocenters. The second-order valence-corrected chi connectivity index (χ2v) is 13.9. The van der Waals surface area contributed by atoms with E-state index in [1.165, 1.54) is 0 Å². The summed E-state index contributed by atoms with van der Waals surface area (Å²) in [5, 5.41) is 21.0. The minimum Gasteiger partial charge on any atom is -0.414 e. The van der Waals surface area contributed by atoms with Crippen LogP contribution in [0.1, 0.15) is 40.5 Å². The van der Waals surface area contributed by atoms with Gasteiger partial charge < -0.3 is 24.1 Å². The van der Waals surface area contributed by atoms with Crippen LogP contribution in [0.4, 0.5) is 0 Å². The van der Waals surface area contributed by atoms with Crippen molar-refractivity contribution in [2.75, 3.05) is 6.61 Å². The van der Waals surface area contributed by atoms with Gasteiger partial charge in [-0.25, -0.2) is 0 Å². The maximum Gasteiger partial charge on any atom is 0.192 e. The molecule has 0 spiro atoms. The minimum absolute atomic E-state index is 0.0803. The highest BCUT2D eigenvalue weighted by molar-refractivity contribution is 6.74. The number of hydrogen-bond acceptors (Lipinski definition) is 5. The number of fused-ring (bicyclic) bond motifs is 1. The molecule has 0 bridgehead atoms. The van der Waals surface area contributed by atoms with Crippen LogP contribution in [0.25, 0.3) is 0 Å². The molecule has 2 rings (SSSR count). The van der Waals surface area contributed by atoms with Crippen LogP contribution in [0.2, 0.25) is 18.1 Å². The lowest BCUT2D eigenvalue weighted by molar-refractivity contribution is -0.167. The maximum atomic E-state index is 10.6. The lowest BCUT2D eigenvalue weighted by Crippen LogP contribution is -2.47. The van der Waals surface area contributed by atoms with E-state index in [-0.39, 0.29) is 42.0 Å². The molecule has 0 aliphatic carbocycles. The van der Waals surface area contributed by atoms with Crippen LogP contribution in [0.15, 0.2) is 12.7 Å². The van der Waals surface area contributed by atoms with Crippen molar-refractivity contribution in [3.8, 4) is 0 Å². The summed E-state index contributed by atoms with van der Waals surface area (Å²) in [4.78, 5) is 0. The third kappa shape index (κ3) is 4.73. The van der Waals surface area contributed by atoms with Crippen molar-refractivity contribution >= 4 is 8.32 Å². The predicted molar refractivity (Wildman–Crippen MR) is 101 cm³/mol. The van der Waals surface area contributed by atoms with E-state index < -0.39 is 20.5 Å². The molecule has 5 nitrogen and oxygen atoms in total. The average Bonchev–Trinajstić information content (AvgIpc) is 2.92. The summed E-state index contributed by atoms with van der Waals surface area (Å²) in [6.45, 7) is 17.0. The quantitative estimate of drug-likeness (QED) is 0.554. The third-order valence-corrected chi connectivity index (χ3v) is 10.7. The lowest BCUT2D eigenvalue weighted by atomic mass is 9.90. The molecular formula is C19H36O5Si. The van der Waals surface area contributed by atoms with Gasteiger partial charge in [-0.1, -0.05) is 33.8 Å². The predicted octanol–water partition coefficient (Wildman–Crippen LogP) is 2.87. The van der Waals surface area contributed by atoms with E-state index in [1.807, 2.05) is 13.0 Å². The highest BCUT2D eigenvalue weighted by Crippen LogP contribution is 2.38. The van der Waals surface area contributed by atoms with E-state index in [9.17, 15) is 10.2 Å². The van der Waals surface area contributed by atoms with Crippen LogP contribution in [-0.4, -0.2) is 61.8 Å². The van der Waals surface area contributed by atoms with Gasteiger partial charge >= 0.3 is 0 Å². The van der Waals surface area contributed by atoms with Crippen molar-refractivity contribution in [1.29, 1.82) is 0 Å². The zero-order valence-electron chi connectivity index (χ0n) is 16.6. The van der Waals surface area contributed by atoms with Gasteiger partial charge in [0.05, 0.1) is 37.1 Å². The topological polar surface area (TPSA) is 68.2 Å². The van der Waals surface area contributed by atoms with Crippen LogP contribution in [0.3, 0.4) is 0 Å².